The second-order valence-corrected chi connectivity index (χ2v) is 5.74. The Morgan fingerprint density at radius 2 is 1.74 bits per heavy atom. The van der Waals surface area contributed by atoms with E-state index in [1.165, 1.54) is 0 Å². The van der Waals surface area contributed by atoms with Crippen molar-refractivity contribution in [1.82, 2.24) is 0 Å². The van der Waals surface area contributed by atoms with Gasteiger partial charge >= 0.3 is 5.71 Å². The van der Waals surface area contributed by atoms with Crippen LogP contribution in [-0.2, 0) is 10.3 Å². The summed E-state index contributed by atoms with van der Waals surface area (Å²) in [4.78, 5) is 16.2. The van der Waals surface area contributed by atoms with Crippen molar-refractivity contribution in [3.63, 3.8) is 0 Å². The fraction of sp³-hybridized carbons (Fsp3) is 0.158. The molecule has 1 unspecified atom stereocenters. The van der Waals surface area contributed by atoms with Crippen molar-refractivity contribution in [1.29, 1.82) is 0 Å². The van der Waals surface area contributed by atoms with E-state index in [4.69, 9.17) is 5.73 Å². The van der Waals surface area contributed by atoms with Gasteiger partial charge in [-0.25, -0.2) is 0 Å². The molecular formula is C19H17N3O. The second kappa shape index (κ2) is 5.76. The molecule has 2 N–H and O–H groups in total. The Labute approximate surface area is 134 Å². The number of carbonyl (C=O) groups is 1. The summed E-state index contributed by atoms with van der Waals surface area (Å²) in [6.45, 7) is 1.98. The van der Waals surface area contributed by atoms with Crippen LogP contribution in [0.1, 0.15) is 23.1 Å². The Balaban J connectivity index is 2.14. The van der Waals surface area contributed by atoms with Gasteiger partial charge in [0.2, 0.25) is 5.54 Å². The second-order valence-electron chi connectivity index (χ2n) is 5.74. The minimum Gasteiger partial charge on any atom is -0.361 e. The molecular weight excluding hydrogens is 286 g/mol. The lowest BCUT2D eigenvalue weighted by Gasteiger charge is -2.28. The molecule has 0 amide bonds. The zero-order chi connectivity index (χ0) is 16.4. The minimum atomic E-state index is -1.41. The molecule has 0 aliphatic heterocycles. The van der Waals surface area contributed by atoms with Crippen molar-refractivity contribution in [2.24, 2.45) is 5.73 Å². The molecule has 0 radical (unpaired) electrons. The summed E-state index contributed by atoms with van der Waals surface area (Å²) in [5, 5.41) is 0. The number of allylic oxidation sites excluding steroid dienone is 1. The van der Waals surface area contributed by atoms with Crippen molar-refractivity contribution >= 4 is 17.1 Å². The van der Waals surface area contributed by atoms with E-state index >= 15 is 0 Å². The number of ketones is 1. The first kappa shape index (κ1) is 15.1. The molecule has 4 heteroatoms. The SMILES string of the molecule is Cc1ccccc1C1=CC(=[N+]=[N-])C(N)(c2ccccc2)C(=O)C1. The van der Waals surface area contributed by atoms with Gasteiger partial charge in [-0.2, -0.15) is 4.79 Å². The smallest absolute Gasteiger partial charge is 0.324 e. The first-order valence-corrected chi connectivity index (χ1v) is 7.44. The summed E-state index contributed by atoms with van der Waals surface area (Å²) in [5.41, 5.74) is 18.0. The summed E-state index contributed by atoms with van der Waals surface area (Å²) in [5.74, 6) is -0.183. The first-order chi connectivity index (χ1) is 11.1. The summed E-state index contributed by atoms with van der Waals surface area (Å²) >= 11 is 0. The van der Waals surface area contributed by atoms with Gasteiger partial charge < -0.3 is 11.3 Å². The number of carbonyl (C=O) groups excluding carboxylic acids is 1. The van der Waals surface area contributed by atoms with Crippen molar-refractivity contribution in [2.75, 3.05) is 0 Å². The van der Waals surface area contributed by atoms with E-state index in [2.05, 4.69) is 4.79 Å². The Hall–Kier alpha value is -2.81. The average Bonchev–Trinajstić information content (AvgIpc) is 2.58. The van der Waals surface area contributed by atoms with Crippen molar-refractivity contribution in [3.8, 4) is 0 Å². The van der Waals surface area contributed by atoms with E-state index in [9.17, 15) is 10.3 Å². The zero-order valence-electron chi connectivity index (χ0n) is 12.9. The monoisotopic (exact) mass is 303 g/mol. The van der Waals surface area contributed by atoms with E-state index in [0.717, 1.165) is 16.7 Å². The molecule has 1 aliphatic carbocycles. The molecule has 2 aromatic rings. The lowest BCUT2D eigenvalue weighted by molar-refractivity contribution is -0.122. The summed E-state index contributed by atoms with van der Waals surface area (Å²) in [6, 6.07) is 16.8. The largest absolute Gasteiger partial charge is 0.361 e. The number of hydrogen-bond acceptors (Lipinski definition) is 2. The zero-order valence-corrected chi connectivity index (χ0v) is 12.9. The minimum absolute atomic E-state index is 0.165. The van der Waals surface area contributed by atoms with Gasteiger partial charge in [0, 0.05) is 12.5 Å². The third kappa shape index (κ3) is 2.44. The van der Waals surface area contributed by atoms with Gasteiger partial charge in [0.15, 0.2) is 5.78 Å². The Morgan fingerprint density at radius 1 is 1.09 bits per heavy atom. The number of nitrogens with zero attached hydrogens (tertiary/aromatic N) is 2. The topological polar surface area (TPSA) is 79.5 Å². The molecule has 0 spiro atoms. The van der Waals surface area contributed by atoms with E-state index in [1.54, 1.807) is 18.2 Å². The van der Waals surface area contributed by atoms with Crippen molar-refractivity contribution in [3.05, 3.63) is 82.9 Å². The maximum Gasteiger partial charge on any atom is 0.324 e. The highest BCUT2D eigenvalue weighted by molar-refractivity contribution is 6.24. The molecule has 0 heterocycles. The number of benzene rings is 2. The quantitative estimate of drug-likeness (QED) is 0.684. The Bertz CT molecular complexity index is 848. The molecule has 3 rings (SSSR count). The van der Waals surface area contributed by atoms with Crippen LogP contribution in [0.25, 0.3) is 11.1 Å². The number of nitrogens with two attached hydrogens (primary N) is 1. The van der Waals surface area contributed by atoms with Crippen LogP contribution >= 0.6 is 0 Å². The standard InChI is InChI=1S/C19H17N3O/c1-13-7-5-6-10-16(13)14-11-17(22-21)19(20,18(23)12-14)15-8-3-2-4-9-15/h2-11H,12,20H2,1H3. The Morgan fingerprint density at radius 3 is 2.39 bits per heavy atom. The van der Waals surface area contributed by atoms with Gasteiger partial charge in [-0.05, 0) is 29.2 Å². The van der Waals surface area contributed by atoms with Crippen LogP contribution in [0.3, 0.4) is 0 Å². The molecule has 4 nitrogen and oxygen atoms in total. The molecule has 0 saturated carbocycles. The van der Waals surface area contributed by atoms with E-state index < -0.39 is 5.54 Å². The van der Waals surface area contributed by atoms with Crippen LogP contribution in [-0.4, -0.2) is 16.3 Å². The van der Waals surface area contributed by atoms with Gasteiger partial charge in [-0.3, -0.25) is 4.79 Å². The maximum atomic E-state index is 12.8. The molecule has 0 fully saturated rings. The van der Waals surface area contributed by atoms with Gasteiger partial charge in [0.05, 0.1) is 0 Å². The van der Waals surface area contributed by atoms with E-state index in [0.29, 0.717) is 5.56 Å². The Kier molecular flexibility index (Phi) is 3.78. The number of hydrogen-bond donors (Lipinski definition) is 1. The van der Waals surface area contributed by atoms with Crippen molar-refractivity contribution < 1.29 is 9.58 Å². The van der Waals surface area contributed by atoms with Gasteiger partial charge in [0.25, 0.3) is 0 Å². The van der Waals surface area contributed by atoms with Crippen LogP contribution in [0, 0.1) is 6.92 Å². The summed E-state index contributed by atoms with van der Waals surface area (Å²) in [7, 11) is 0. The predicted octanol–water partition coefficient (Wildman–Crippen LogP) is 2.88. The average molecular weight is 303 g/mol. The lowest BCUT2D eigenvalue weighted by Crippen LogP contribution is -2.53. The normalized spacial score (nSPS) is 20.9. The molecule has 1 aliphatic rings. The molecule has 0 saturated heterocycles. The van der Waals surface area contributed by atoms with Crippen molar-refractivity contribution in [2.45, 2.75) is 18.9 Å². The summed E-state index contributed by atoms with van der Waals surface area (Å²) < 4.78 is 0. The third-order valence-electron chi connectivity index (χ3n) is 4.33. The van der Waals surface area contributed by atoms with E-state index in [-0.39, 0.29) is 17.9 Å². The number of aryl methyl sites for hydroxylation is 1. The molecule has 0 aromatic heterocycles. The predicted molar refractivity (Wildman–Crippen MR) is 89.7 cm³/mol. The maximum absolute atomic E-state index is 12.8. The third-order valence-corrected chi connectivity index (χ3v) is 4.33. The molecule has 1 atom stereocenters. The van der Waals surface area contributed by atoms with Gasteiger partial charge in [-0.1, -0.05) is 54.6 Å². The highest BCUT2D eigenvalue weighted by Crippen LogP contribution is 2.33. The highest BCUT2D eigenvalue weighted by atomic mass is 16.1. The molecule has 114 valence electrons. The molecule has 2 aromatic carbocycles. The van der Waals surface area contributed by atoms with Crippen LogP contribution in [0.2, 0.25) is 0 Å². The molecule has 23 heavy (non-hydrogen) atoms. The van der Waals surface area contributed by atoms with Crippen LogP contribution in [0.15, 0.2) is 60.7 Å². The number of Topliss-reactive ketones (excluding diaryl/α,β-unsaturated/α-hetero) is 1. The number of rotatable bonds is 2. The summed E-state index contributed by atoms with van der Waals surface area (Å²) in [6.07, 6.45) is 1.92. The fourth-order valence-corrected chi connectivity index (χ4v) is 3.01. The van der Waals surface area contributed by atoms with Crippen LogP contribution < -0.4 is 5.73 Å². The fourth-order valence-electron chi connectivity index (χ4n) is 3.01. The lowest BCUT2D eigenvalue weighted by atomic mass is 9.74. The first-order valence-electron chi connectivity index (χ1n) is 7.44. The van der Waals surface area contributed by atoms with Crippen LogP contribution in [0.4, 0.5) is 0 Å². The van der Waals surface area contributed by atoms with Gasteiger partial charge in [0.1, 0.15) is 0 Å². The van der Waals surface area contributed by atoms with E-state index in [1.807, 2.05) is 49.4 Å². The highest BCUT2D eigenvalue weighted by Gasteiger charge is 2.49. The van der Waals surface area contributed by atoms with Gasteiger partial charge in [-0.15, -0.1) is 0 Å². The van der Waals surface area contributed by atoms with Crippen LogP contribution in [0.5, 0.6) is 0 Å². The molecule has 0 bridgehead atoms.